The molecular weight excluding hydrogens is 346 g/mol. The summed E-state index contributed by atoms with van der Waals surface area (Å²) in [5.74, 6) is 1.78. The number of fused-ring (bicyclic) bond motifs is 1. The molecule has 8 heteroatoms. The van der Waals surface area contributed by atoms with Gasteiger partial charge >= 0.3 is 0 Å². The maximum absolute atomic E-state index is 5.84. The molecule has 4 aromatic rings. The SMILES string of the molecule is Cn1c(SCc2nc(N)nc(Nc3ccccc3)n2)nc2ccccc21. The zero-order chi connectivity index (χ0) is 17.9. The van der Waals surface area contributed by atoms with Crippen LogP contribution in [0.3, 0.4) is 0 Å². The Morgan fingerprint density at radius 2 is 1.73 bits per heavy atom. The minimum atomic E-state index is 0.194. The highest BCUT2D eigenvalue weighted by molar-refractivity contribution is 7.98. The van der Waals surface area contributed by atoms with Gasteiger partial charge in [-0.05, 0) is 24.3 Å². The Labute approximate surface area is 154 Å². The van der Waals surface area contributed by atoms with Crippen molar-refractivity contribution in [3.05, 3.63) is 60.4 Å². The number of hydrogen-bond acceptors (Lipinski definition) is 7. The smallest absolute Gasteiger partial charge is 0.232 e. The molecule has 2 aromatic carbocycles. The van der Waals surface area contributed by atoms with Gasteiger partial charge in [-0.15, -0.1) is 0 Å². The maximum atomic E-state index is 5.84. The molecule has 0 aliphatic carbocycles. The van der Waals surface area contributed by atoms with E-state index >= 15 is 0 Å². The third-order valence-electron chi connectivity index (χ3n) is 3.81. The number of aromatic nitrogens is 5. The van der Waals surface area contributed by atoms with E-state index in [-0.39, 0.29) is 5.95 Å². The first-order valence-electron chi connectivity index (χ1n) is 8.06. The van der Waals surface area contributed by atoms with Gasteiger partial charge in [0.15, 0.2) is 5.16 Å². The van der Waals surface area contributed by atoms with Crippen molar-refractivity contribution in [3.8, 4) is 0 Å². The quantitative estimate of drug-likeness (QED) is 0.525. The molecule has 0 radical (unpaired) electrons. The van der Waals surface area contributed by atoms with Gasteiger partial charge in [0.05, 0.1) is 16.8 Å². The summed E-state index contributed by atoms with van der Waals surface area (Å²) in [4.78, 5) is 17.5. The number of nitrogens with two attached hydrogens (primary N) is 1. The normalized spacial score (nSPS) is 11.0. The molecule has 0 amide bonds. The van der Waals surface area contributed by atoms with Crippen LogP contribution < -0.4 is 11.1 Å². The molecule has 0 bridgehead atoms. The van der Waals surface area contributed by atoms with Crippen molar-refractivity contribution < 1.29 is 0 Å². The molecule has 0 saturated heterocycles. The Morgan fingerprint density at radius 1 is 0.962 bits per heavy atom. The number of thioether (sulfide) groups is 1. The highest BCUT2D eigenvalue weighted by Crippen LogP contribution is 2.25. The van der Waals surface area contributed by atoms with Crippen LogP contribution in [0.1, 0.15) is 5.82 Å². The second kappa shape index (κ2) is 7.01. The van der Waals surface area contributed by atoms with Gasteiger partial charge in [-0.1, -0.05) is 42.1 Å². The van der Waals surface area contributed by atoms with E-state index in [4.69, 9.17) is 5.73 Å². The second-order valence-corrected chi connectivity index (χ2v) is 6.60. The molecule has 26 heavy (non-hydrogen) atoms. The van der Waals surface area contributed by atoms with Gasteiger partial charge in [-0.3, -0.25) is 0 Å². The highest BCUT2D eigenvalue weighted by atomic mass is 32.2. The molecule has 0 aliphatic heterocycles. The summed E-state index contributed by atoms with van der Waals surface area (Å²) >= 11 is 1.57. The van der Waals surface area contributed by atoms with Crippen LogP contribution in [0.15, 0.2) is 59.8 Å². The van der Waals surface area contributed by atoms with Gasteiger partial charge in [0.1, 0.15) is 5.82 Å². The fraction of sp³-hybridized carbons (Fsp3) is 0.111. The fourth-order valence-electron chi connectivity index (χ4n) is 2.59. The first-order chi connectivity index (χ1) is 12.7. The Hall–Kier alpha value is -3.13. The summed E-state index contributed by atoms with van der Waals surface area (Å²) < 4.78 is 2.06. The van der Waals surface area contributed by atoms with Gasteiger partial charge in [0.25, 0.3) is 0 Å². The molecule has 0 spiro atoms. The van der Waals surface area contributed by atoms with Crippen LogP contribution in [0.25, 0.3) is 11.0 Å². The van der Waals surface area contributed by atoms with Gasteiger partial charge in [-0.25, -0.2) is 4.98 Å². The number of hydrogen-bond donors (Lipinski definition) is 2. The number of nitrogens with zero attached hydrogens (tertiary/aromatic N) is 5. The molecule has 0 aliphatic rings. The van der Waals surface area contributed by atoms with Gasteiger partial charge in [0, 0.05) is 12.7 Å². The lowest BCUT2D eigenvalue weighted by Crippen LogP contribution is -2.06. The number of imidazole rings is 1. The Bertz CT molecular complexity index is 1050. The number of anilines is 3. The van der Waals surface area contributed by atoms with E-state index in [2.05, 4.69) is 35.9 Å². The molecule has 0 atom stereocenters. The van der Waals surface area contributed by atoms with E-state index < -0.39 is 0 Å². The van der Waals surface area contributed by atoms with Crippen LogP contribution in [0.2, 0.25) is 0 Å². The molecule has 2 aromatic heterocycles. The van der Waals surface area contributed by atoms with E-state index in [1.807, 2.05) is 55.6 Å². The number of aryl methyl sites for hydroxylation is 1. The van der Waals surface area contributed by atoms with Crippen molar-refractivity contribution in [2.75, 3.05) is 11.1 Å². The minimum absolute atomic E-state index is 0.194. The summed E-state index contributed by atoms with van der Waals surface area (Å²) in [7, 11) is 2.00. The predicted octanol–water partition coefficient (Wildman–Crippen LogP) is 3.38. The lowest BCUT2D eigenvalue weighted by molar-refractivity contribution is 0.813. The van der Waals surface area contributed by atoms with Crippen LogP contribution in [0, 0.1) is 0 Å². The van der Waals surface area contributed by atoms with Gasteiger partial charge < -0.3 is 15.6 Å². The van der Waals surface area contributed by atoms with Crippen LogP contribution in [-0.4, -0.2) is 24.5 Å². The van der Waals surface area contributed by atoms with Crippen LogP contribution in [0.4, 0.5) is 17.6 Å². The number of nitrogens with one attached hydrogen (secondary N) is 1. The Balaban J connectivity index is 1.53. The number of benzene rings is 2. The van der Waals surface area contributed by atoms with E-state index in [0.717, 1.165) is 21.9 Å². The molecule has 2 heterocycles. The highest BCUT2D eigenvalue weighted by Gasteiger charge is 2.10. The van der Waals surface area contributed by atoms with Crippen LogP contribution in [-0.2, 0) is 12.8 Å². The van der Waals surface area contributed by atoms with Crippen molar-refractivity contribution in [1.82, 2.24) is 24.5 Å². The van der Waals surface area contributed by atoms with Crippen molar-refractivity contribution >= 4 is 40.4 Å². The number of rotatable bonds is 5. The van der Waals surface area contributed by atoms with E-state index in [1.54, 1.807) is 11.8 Å². The van der Waals surface area contributed by atoms with Crippen LogP contribution >= 0.6 is 11.8 Å². The van der Waals surface area contributed by atoms with Crippen molar-refractivity contribution in [1.29, 1.82) is 0 Å². The lowest BCUT2D eigenvalue weighted by Gasteiger charge is -2.07. The topological polar surface area (TPSA) is 94.5 Å². The van der Waals surface area contributed by atoms with Crippen LogP contribution in [0.5, 0.6) is 0 Å². The third-order valence-corrected chi connectivity index (χ3v) is 4.83. The monoisotopic (exact) mass is 363 g/mol. The summed E-state index contributed by atoms with van der Waals surface area (Å²) in [6, 6.07) is 17.8. The molecule has 3 N–H and O–H groups in total. The molecule has 130 valence electrons. The molecule has 7 nitrogen and oxygen atoms in total. The minimum Gasteiger partial charge on any atom is -0.368 e. The van der Waals surface area contributed by atoms with E-state index in [9.17, 15) is 0 Å². The third kappa shape index (κ3) is 3.45. The number of para-hydroxylation sites is 3. The lowest BCUT2D eigenvalue weighted by atomic mass is 10.3. The standard InChI is InChI=1S/C18H17N7S/c1-25-14-10-6-5-9-13(14)21-18(25)26-11-15-22-16(19)24-17(23-15)20-12-7-3-2-4-8-12/h2-10H,11H2,1H3,(H3,19,20,22,23,24). The zero-order valence-electron chi connectivity index (χ0n) is 14.1. The second-order valence-electron chi connectivity index (χ2n) is 5.66. The van der Waals surface area contributed by atoms with E-state index in [0.29, 0.717) is 17.5 Å². The molecule has 0 fully saturated rings. The van der Waals surface area contributed by atoms with E-state index in [1.165, 1.54) is 0 Å². The van der Waals surface area contributed by atoms with Gasteiger partial charge in [-0.2, -0.15) is 15.0 Å². The van der Waals surface area contributed by atoms with Crippen molar-refractivity contribution in [2.24, 2.45) is 7.05 Å². The first kappa shape index (κ1) is 16.3. The largest absolute Gasteiger partial charge is 0.368 e. The summed E-state index contributed by atoms with van der Waals surface area (Å²) in [5.41, 5.74) is 8.80. The molecule has 0 saturated carbocycles. The fourth-order valence-corrected chi connectivity index (χ4v) is 3.43. The average molecular weight is 363 g/mol. The molecule has 0 unspecified atom stereocenters. The number of nitrogen functional groups attached to an aromatic ring is 1. The summed E-state index contributed by atoms with van der Waals surface area (Å²) in [6.45, 7) is 0. The first-order valence-corrected chi connectivity index (χ1v) is 9.04. The molecular formula is C18H17N7S. The maximum Gasteiger partial charge on any atom is 0.232 e. The van der Waals surface area contributed by atoms with Gasteiger partial charge in [0.2, 0.25) is 11.9 Å². The van der Waals surface area contributed by atoms with Crippen molar-refractivity contribution in [2.45, 2.75) is 10.9 Å². The Kier molecular flexibility index (Phi) is 4.40. The summed E-state index contributed by atoms with van der Waals surface area (Å²) in [5, 5.41) is 4.05. The van der Waals surface area contributed by atoms with Crippen molar-refractivity contribution in [3.63, 3.8) is 0 Å². The predicted molar refractivity (Wildman–Crippen MR) is 104 cm³/mol. The average Bonchev–Trinajstić information content (AvgIpc) is 2.97. The Morgan fingerprint density at radius 3 is 2.54 bits per heavy atom. The zero-order valence-corrected chi connectivity index (χ0v) is 14.9. The molecule has 4 rings (SSSR count). The summed E-state index contributed by atoms with van der Waals surface area (Å²) in [6.07, 6.45) is 0.